The van der Waals surface area contributed by atoms with E-state index in [-0.39, 0.29) is 22.8 Å². The molecule has 0 saturated carbocycles. The summed E-state index contributed by atoms with van der Waals surface area (Å²) in [5.41, 5.74) is 0.640. The first-order chi connectivity index (χ1) is 9.43. The van der Waals surface area contributed by atoms with Gasteiger partial charge < -0.3 is 14.4 Å². The average Bonchev–Trinajstić information content (AvgIpc) is 2.39. The van der Waals surface area contributed by atoms with Gasteiger partial charge in [-0.15, -0.1) is 0 Å². The van der Waals surface area contributed by atoms with Gasteiger partial charge in [-0.05, 0) is 26.0 Å². The maximum absolute atomic E-state index is 13.7. The van der Waals surface area contributed by atoms with Crippen LogP contribution in [0.15, 0.2) is 12.1 Å². The third-order valence-electron chi connectivity index (χ3n) is 3.21. The molecule has 0 aliphatic carbocycles. The van der Waals surface area contributed by atoms with Gasteiger partial charge in [0.05, 0.1) is 30.6 Å². The zero-order valence-corrected chi connectivity index (χ0v) is 12.4. The Bertz CT molecular complexity index is 513. The van der Waals surface area contributed by atoms with Crippen molar-refractivity contribution >= 4 is 23.3 Å². The molecule has 1 aromatic carbocycles. The first kappa shape index (κ1) is 15.1. The third kappa shape index (κ3) is 2.88. The predicted molar refractivity (Wildman–Crippen MR) is 75.0 cm³/mol. The van der Waals surface area contributed by atoms with Crippen LogP contribution in [0.4, 0.5) is 10.1 Å². The molecule has 2 atom stereocenters. The van der Waals surface area contributed by atoms with Crippen LogP contribution in [0, 0.1) is 5.82 Å². The number of halogens is 2. The number of hydrogen-bond donors (Lipinski definition) is 0. The van der Waals surface area contributed by atoms with Gasteiger partial charge in [0.1, 0.15) is 10.8 Å². The van der Waals surface area contributed by atoms with Crippen LogP contribution in [0.2, 0.25) is 5.02 Å². The Labute approximate surface area is 122 Å². The Morgan fingerprint density at radius 1 is 1.40 bits per heavy atom. The van der Waals surface area contributed by atoms with Crippen LogP contribution in [0.3, 0.4) is 0 Å². The number of esters is 1. The van der Waals surface area contributed by atoms with Crippen molar-refractivity contribution in [2.75, 3.05) is 25.1 Å². The van der Waals surface area contributed by atoms with E-state index in [0.29, 0.717) is 18.8 Å². The number of carbonyl (C=O) groups is 1. The Morgan fingerprint density at radius 2 is 2.00 bits per heavy atom. The highest BCUT2D eigenvalue weighted by molar-refractivity contribution is 6.34. The fourth-order valence-electron chi connectivity index (χ4n) is 2.48. The van der Waals surface area contributed by atoms with Crippen LogP contribution < -0.4 is 4.90 Å². The predicted octanol–water partition coefficient (Wildman–Crippen LogP) is 2.88. The van der Waals surface area contributed by atoms with E-state index in [1.54, 1.807) is 0 Å². The lowest BCUT2D eigenvalue weighted by atomic mass is 10.1. The maximum atomic E-state index is 13.7. The van der Waals surface area contributed by atoms with Crippen molar-refractivity contribution in [1.29, 1.82) is 0 Å². The van der Waals surface area contributed by atoms with Crippen LogP contribution in [-0.4, -0.2) is 38.4 Å². The lowest BCUT2D eigenvalue weighted by molar-refractivity contribution is -0.00534. The van der Waals surface area contributed by atoms with Gasteiger partial charge in [0.2, 0.25) is 0 Å². The zero-order valence-electron chi connectivity index (χ0n) is 11.7. The van der Waals surface area contributed by atoms with Crippen molar-refractivity contribution in [3.8, 4) is 0 Å². The molecule has 0 N–H and O–H groups in total. The monoisotopic (exact) mass is 301 g/mol. The largest absolute Gasteiger partial charge is 0.465 e. The molecule has 6 heteroatoms. The van der Waals surface area contributed by atoms with Gasteiger partial charge in [0.15, 0.2) is 0 Å². The number of benzene rings is 1. The van der Waals surface area contributed by atoms with E-state index in [9.17, 15) is 9.18 Å². The quantitative estimate of drug-likeness (QED) is 0.787. The van der Waals surface area contributed by atoms with Crippen LogP contribution in [-0.2, 0) is 9.47 Å². The lowest BCUT2D eigenvalue weighted by Gasteiger charge is -2.37. The van der Waals surface area contributed by atoms with Gasteiger partial charge in [0.25, 0.3) is 0 Å². The molecule has 110 valence electrons. The standard InChI is InChI=1S/C14H17ClFNO3/c1-8-6-17(7-9(2)20-8)13-10(14(18)19-3)4-5-11(16)12(13)15/h4-5,8-9H,6-7H2,1-3H3/t8-,9+. The van der Waals surface area contributed by atoms with Crippen LogP contribution in [0.1, 0.15) is 24.2 Å². The minimum absolute atomic E-state index is 0.0245. The number of rotatable bonds is 2. The van der Waals surface area contributed by atoms with Gasteiger partial charge in [-0.25, -0.2) is 9.18 Å². The smallest absolute Gasteiger partial charge is 0.340 e. The second-order valence-electron chi connectivity index (χ2n) is 4.91. The highest BCUT2D eigenvalue weighted by atomic mass is 35.5. The summed E-state index contributed by atoms with van der Waals surface area (Å²) in [4.78, 5) is 13.7. The summed E-state index contributed by atoms with van der Waals surface area (Å²) in [6, 6.07) is 2.57. The Morgan fingerprint density at radius 3 is 2.55 bits per heavy atom. The summed E-state index contributed by atoms with van der Waals surface area (Å²) in [6.07, 6.45) is -0.0489. The Kier molecular flexibility index (Phi) is 4.50. The molecule has 0 amide bonds. The number of ether oxygens (including phenoxy) is 2. The molecule has 1 aliphatic rings. The van der Waals surface area contributed by atoms with Crippen molar-refractivity contribution in [3.63, 3.8) is 0 Å². The summed E-state index contributed by atoms with van der Waals surface area (Å²) in [7, 11) is 1.29. The molecular weight excluding hydrogens is 285 g/mol. The van der Waals surface area contributed by atoms with Gasteiger partial charge in [0, 0.05) is 13.1 Å². The molecular formula is C14H17ClFNO3. The van der Waals surface area contributed by atoms with Gasteiger partial charge >= 0.3 is 5.97 Å². The number of hydrogen-bond acceptors (Lipinski definition) is 4. The van der Waals surface area contributed by atoms with E-state index < -0.39 is 11.8 Å². The number of methoxy groups -OCH3 is 1. The summed E-state index contributed by atoms with van der Waals surface area (Å²) in [6.45, 7) is 4.93. The van der Waals surface area contributed by atoms with Crippen LogP contribution in [0.25, 0.3) is 0 Å². The summed E-state index contributed by atoms with van der Waals surface area (Å²) in [5.74, 6) is -1.09. The second-order valence-corrected chi connectivity index (χ2v) is 5.29. The summed E-state index contributed by atoms with van der Waals surface area (Å²) in [5, 5.41) is -0.0609. The molecule has 4 nitrogen and oxygen atoms in total. The molecule has 20 heavy (non-hydrogen) atoms. The number of nitrogens with zero attached hydrogens (tertiary/aromatic N) is 1. The first-order valence-corrected chi connectivity index (χ1v) is 6.78. The molecule has 2 rings (SSSR count). The Balaban J connectivity index is 2.47. The Hall–Kier alpha value is -1.33. The van der Waals surface area contributed by atoms with E-state index in [4.69, 9.17) is 21.1 Å². The van der Waals surface area contributed by atoms with Crippen molar-refractivity contribution in [2.24, 2.45) is 0 Å². The first-order valence-electron chi connectivity index (χ1n) is 6.40. The fraction of sp³-hybridized carbons (Fsp3) is 0.500. The topological polar surface area (TPSA) is 38.8 Å². The van der Waals surface area contributed by atoms with E-state index in [2.05, 4.69) is 0 Å². The van der Waals surface area contributed by atoms with E-state index >= 15 is 0 Å². The number of carbonyl (C=O) groups excluding carboxylic acids is 1. The van der Waals surface area contributed by atoms with Crippen LogP contribution in [0.5, 0.6) is 0 Å². The molecule has 0 spiro atoms. The zero-order chi connectivity index (χ0) is 14.9. The van der Waals surface area contributed by atoms with Gasteiger partial charge in [-0.1, -0.05) is 11.6 Å². The highest BCUT2D eigenvalue weighted by Gasteiger charge is 2.28. The highest BCUT2D eigenvalue weighted by Crippen LogP contribution is 2.34. The summed E-state index contributed by atoms with van der Waals surface area (Å²) >= 11 is 6.06. The van der Waals surface area contributed by atoms with Crippen molar-refractivity contribution in [3.05, 3.63) is 28.5 Å². The van der Waals surface area contributed by atoms with Crippen molar-refractivity contribution in [2.45, 2.75) is 26.1 Å². The number of anilines is 1. The fourth-order valence-corrected chi connectivity index (χ4v) is 2.77. The van der Waals surface area contributed by atoms with Crippen LogP contribution >= 0.6 is 11.6 Å². The maximum Gasteiger partial charge on any atom is 0.340 e. The molecule has 0 aromatic heterocycles. The molecule has 0 radical (unpaired) electrons. The van der Waals surface area contributed by atoms with E-state index in [1.807, 2.05) is 18.7 Å². The molecule has 0 bridgehead atoms. The molecule has 1 aliphatic heterocycles. The number of morpholine rings is 1. The molecule has 0 unspecified atom stereocenters. The molecule has 1 aromatic rings. The van der Waals surface area contributed by atoms with Gasteiger partial charge in [-0.3, -0.25) is 0 Å². The molecule has 1 heterocycles. The minimum atomic E-state index is -0.555. The second kappa shape index (κ2) is 5.97. The van der Waals surface area contributed by atoms with Crippen molar-refractivity contribution in [1.82, 2.24) is 0 Å². The minimum Gasteiger partial charge on any atom is -0.465 e. The molecule has 1 saturated heterocycles. The third-order valence-corrected chi connectivity index (χ3v) is 3.57. The molecule has 1 fully saturated rings. The summed E-state index contributed by atoms with van der Waals surface area (Å²) < 4.78 is 24.1. The lowest BCUT2D eigenvalue weighted by Crippen LogP contribution is -2.46. The van der Waals surface area contributed by atoms with E-state index in [0.717, 1.165) is 0 Å². The normalized spacial score (nSPS) is 22.8. The van der Waals surface area contributed by atoms with Gasteiger partial charge in [-0.2, -0.15) is 0 Å². The average molecular weight is 302 g/mol. The van der Waals surface area contributed by atoms with E-state index in [1.165, 1.54) is 19.2 Å². The van der Waals surface area contributed by atoms with Crippen molar-refractivity contribution < 1.29 is 18.7 Å². The SMILES string of the molecule is COC(=O)c1ccc(F)c(Cl)c1N1C[C@@H](C)O[C@@H](C)C1.